The molecule has 1 amide bonds. The Morgan fingerprint density at radius 2 is 2.19 bits per heavy atom. The maximum atomic E-state index is 13.5. The van der Waals surface area contributed by atoms with E-state index in [1.54, 1.807) is 11.3 Å². The summed E-state index contributed by atoms with van der Waals surface area (Å²) >= 11 is 1.61. The first-order valence-electron chi connectivity index (χ1n) is 13.9. The predicted molar refractivity (Wildman–Crippen MR) is 108 cm³/mol. The Kier molecular flexibility index (Phi) is 3.21. The van der Waals surface area contributed by atoms with Gasteiger partial charge in [-0.15, -0.1) is 11.3 Å². The van der Waals surface area contributed by atoms with Gasteiger partial charge in [-0.2, -0.15) is 0 Å². The number of benzene rings is 1. The minimum Gasteiger partial charge on any atom is -0.358 e. The van der Waals surface area contributed by atoms with E-state index < -0.39 is 67.8 Å². The van der Waals surface area contributed by atoms with Crippen LogP contribution in [0.3, 0.4) is 0 Å². The molecule has 1 saturated heterocycles. The quantitative estimate of drug-likeness (QED) is 0.673. The Balaban J connectivity index is 2.08. The Hall–Kier alpha value is -1.69. The first-order valence-corrected chi connectivity index (χ1v) is 9.27. The number of carbonyl (C=O) groups is 1. The van der Waals surface area contributed by atoms with Crippen molar-refractivity contribution in [3.05, 3.63) is 52.6 Å². The number of nitrogens with zero attached hydrogens (tertiary/aromatic N) is 2. The normalized spacial score (nSPS) is 24.2. The van der Waals surface area contributed by atoms with Crippen LogP contribution in [0, 0.1) is 0 Å². The highest BCUT2D eigenvalue weighted by Gasteiger charge is 2.42. The fourth-order valence-electron chi connectivity index (χ4n) is 3.21. The van der Waals surface area contributed by atoms with Gasteiger partial charge in [0.25, 0.3) is 0 Å². The molecule has 2 heterocycles. The third kappa shape index (κ3) is 4.17. The van der Waals surface area contributed by atoms with Gasteiger partial charge in [0.2, 0.25) is 5.91 Å². The molecule has 1 aromatic heterocycles. The van der Waals surface area contributed by atoms with Crippen molar-refractivity contribution in [1.82, 2.24) is 4.90 Å². The summed E-state index contributed by atoms with van der Waals surface area (Å²) in [5.41, 5.74) is -2.56. The summed E-state index contributed by atoms with van der Waals surface area (Å²) in [5.74, 6) is -1.12. The van der Waals surface area contributed by atoms with Gasteiger partial charge in [-0.05, 0) is 30.0 Å². The zero-order chi connectivity index (χ0) is 27.8. The average molecular weight is 384 g/mol. The third-order valence-electron chi connectivity index (χ3n) is 4.60. The SMILES string of the molecule is [2H]c1c([2H])c([2H])c(N(C(=O)CC([2H])([2H])[2H])C2(OC([2H])([2H])[2H])CCN(CCc3cccs3)CC2)c([2H])c1[2H]. The zero-order valence-corrected chi connectivity index (χ0v) is 15.1. The molecule has 0 atom stereocenters. The number of anilines is 1. The van der Waals surface area contributed by atoms with Gasteiger partial charge in [0, 0.05) is 60.6 Å². The minimum absolute atomic E-state index is 0.0786. The van der Waals surface area contributed by atoms with Gasteiger partial charge < -0.3 is 9.64 Å². The fraction of sp³-hybridized carbons (Fsp3) is 0.476. The molecule has 5 heteroatoms. The van der Waals surface area contributed by atoms with Crippen LogP contribution >= 0.6 is 11.3 Å². The molecule has 1 aliphatic heterocycles. The highest BCUT2D eigenvalue weighted by atomic mass is 32.1. The molecule has 0 unspecified atom stereocenters. The van der Waals surface area contributed by atoms with Crippen LogP contribution in [0.4, 0.5) is 5.69 Å². The molecule has 0 bridgehead atoms. The number of ether oxygens (including phenoxy) is 1. The molecular formula is C21H28N2O2S. The van der Waals surface area contributed by atoms with Crippen molar-refractivity contribution in [3.8, 4) is 0 Å². The van der Waals surface area contributed by atoms with E-state index in [0.717, 1.165) is 6.42 Å². The number of amides is 1. The molecule has 1 aromatic carbocycles. The molecule has 3 rings (SSSR count). The Morgan fingerprint density at radius 1 is 1.38 bits per heavy atom. The van der Waals surface area contributed by atoms with Gasteiger partial charge >= 0.3 is 0 Å². The zero-order valence-electron chi connectivity index (χ0n) is 25.3. The van der Waals surface area contributed by atoms with E-state index in [9.17, 15) is 4.79 Å². The summed E-state index contributed by atoms with van der Waals surface area (Å²) in [6.45, 7) is -1.55. The van der Waals surface area contributed by atoms with Crippen LogP contribution in [-0.4, -0.2) is 43.2 Å². The number of piperidine rings is 1. The predicted octanol–water partition coefficient (Wildman–Crippen LogP) is 4.17. The number of para-hydroxylation sites is 1. The van der Waals surface area contributed by atoms with Gasteiger partial charge in [-0.1, -0.05) is 31.0 Å². The maximum Gasteiger partial charge on any atom is 0.229 e. The smallest absolute Gasteiger partial charge is 0.229 e. The standard InChI is InChI=1S/C21H28N2O2S/c1-3-20(24)23(18-8-5-4-6-9-18)21(25-2)12-15-22(16-13-21)14-11-19-10-7-17-26-19/h4-10,17H,3,11-16H2,1-2H3/i1D3,2D3,4D,5D,6D,8D,9D. The molecule has 0 saturated carbocycles. The summed E-state index contributed by atoms with van der Waals surface area (Å²) in [6, 6.07) is 0.276. The van der Waals surface area contributed by atoms with E-state index in [4.69, 9.17) is 19.8 Å². The second-order valence-electron chi connectivity index (χ2n) is 6.10. The van der Waals surface area contributed by atoms with Crippen LogP contribution in [0.25, 0.3) is 0 Å². The van der Waals surface area contributed by atoms with E-state index in [-0.39, 0.29) is 25.9 Å². The maximum absolute atomic E-state index is 13.5. The van der Waals surface area contributed by atoms with Crippen molar-refractivity contribution < 1.29 is 24.6 Å². The van der Waals surface area contributed by atoms with Crippen molar-refractivity contribution in [2.45, 2.75) is 38.3 Å². The molecule has 1 aliphatic rings. The lowest BCUT2D eigenvalue weighted by Crippen LogP contribution is -2.59. The molecule has 0 radical (unpaired) electrons. The number of hydrogen-bond acceptors (Lipinski definition) is 4. The van der Waals surface area contributed by atoms with Crippen molar-refractivity contribution in [2.24, 2.45) is 0 Å². The molecule has 2 aromatic rings. The Bertz CT molecular complexity index is 1080. The van der Waals surface area contributed by atoms with Crippen LogP contribution in [-0.2, 0) is 16.0 Å². The van der Waals surface area contributed by atoms with Gasteiger partial charge in [-0.3, -0.25) is 9.69 Å². The molecule has 0 aliphatic carbocycles. The minimum atomic E-state index is -3.02. The highest BCUT2D eigenvalue weighted by Crippen LogP contribution is 2.34. The van der Waals surface area contributed by atoms with Crippen LogP contribution in [0.15, 0.2) is 47.7 Å². The monoisotopic (exact) mass is 383 g/mol. The lowest BCUT2D eigenvalue weighted by molar-refractivity contribution is -0.128. The Morgan fingerprint density at radius 3 is 2.85 bits per heavy atom. The van der Waals surface area contributed by atoms with Gasteiger partial charge in [0.15, 0.2) is 0 Å². The largest absolute Gasteiger partial charge is 0.358 e. The van der Waals surface area contributed by atoms with Crippen molar-refractivity contribution in [3.63, 3.8) is 0 Å². The first-order chi connectivity index (χ1) is 17.0. The number of carbonyl (C=O) groups excluding carboxylic acids is 1. The topological polar surface area (TPSA) is 32.8 Å². The molecule has 4 nitrogen and oxygen atoms in total. The molecular weight excluding hydrogens is 344 g/mol. The van der Waals surface area contributed by atoms with E-state index in [1.165, 1.54) is 4.88 Å². The number of hydrogen-bond donors (Lipinski definition) is 0. The van der Waals surface area contributed by atoms with E-state index in [0.29, 0.717) is 11.4 Å². The summed E-state index contributed by atoms with van der Waals surface area (Å²) in [6.07, 6.45) is -0.436. The van der Waals surface area contributed by atoms with Crippen LogP contribution in [0.2, 0.25) is 0 Å². The fourth-order valence-corrected chi connectivity index (χ4v) is 3.91. The van der Waals surface area contributed by atoms with Crippen LogP contribution in [0.5, 0.6) is 0 Å². The van der Waals surface area contributed by atoms with Crippen molar-refractivity contribution in [2.75, 3.05) is 31.6 Å². The molecule has 140 valence electrons. The number of thiophene rings is 1. The lowest BCUT2D eigenvalue weighted by atomic mass is 9.96. The van der Waals surface area contributed by atoms with Crippen molar-refractivity contribution >= 4 is 22.9 Å². The summed E-state index contributed by atoms with van der Waals surface area (Å²) in [5, 5.41) is 1.97. The molecule has 1 fully saturated rings. The number of likely N-dealkylation sites (tertiary alicyclic amines) is 1. The second kappa shape index (κ2) is 8.80. The van der Waals surface area contributed by atoms with Gasteiger partial charge in [0.1, 0.15) is 5.72 Å². The summed E-state index contributed by atoms with van der Waals surface area (Å²) < 4.78 is 92.3. The number of methoxy groups -OCH3 is 1. The molecule has 0 spiro atoms. The van der Waals surface area contributed by atoms with E-state index in [2.05, 4.69) is 4.90 Å². The molecule has 0 N–H and O–H groups in total. The molecule has 26 heavy (non-hydrogen) atoms. The van der Waals surface area contributed by atoms with E-state index in [1.807, 2.05) is 17.5 Å². The van der Waals surface area contributed by atoms with E-state index >= 15 is 0 Å². The lowest BCUT2D eigenvalue weighted by Gasteiger charge is -2.47. The average Bonchev–Trinajstić information content (AvgIpc) is 3.30. The Labute approximate surface area is 175 Å². The van der Waals surface area contributed by atoms with Gasteiger partial charge in [0.05, 0.1) is 11.0 Å². The summed E-state index contributed by atoms with van der Waals surface area (Å²) in [4.78, 5) is 17.4. The second-order valence-corrected chi connectivity index (χ2v) is 7.13. The third-order valence-corrected chi connectivity index (χ3v) is 5.54. The van der Waals surface area contributed by atoms with Gasteiger partial charge in [-0.25, -0.2) is 0 Å². The van der Waals surface area contributed by atoms with Crippen LogP contribution < -0.4 is 4.90 Å². The number of rotatable bonds is 7. The first kappa shape index (κ1) is 9.49. The van der Waals surface area contributed by atoms with Crippen LogP contribution in [0.1, 0.15) is 46.1 Å². The highest BCUT2D eigenvalue weighted by molar-refractivity contribution is 7.09. The van der Waals surface area contributed by atoms with Crippen molar-refractivity contribution in [1.29, 1.82) is 0 Å². The summed E-state index contributed by atoms with van der Waals surface area (Å²) in [7, 11) is -3.02.